The van der Waals surface area contributed by atoms with E-state index in [1.807, 2.05) is 6.92 Å². The quantitative estimate of drug-likeness (QED) is 0.418. The summed E-state index contributed by atoms with van der Waals surface area (Å²) in [6.07, 6.45) is 2.05. The average molecular weight is 361 g/mol. The average Bonchev–Trinajstić information content (AvgIpc) is 2.58. The normalized spacial score (nSPS) is 10.7. The summed E-state index contributed by atoms with van der Waals surface area (Å²) in [6, 6.07) is 4.23. The van der Waals surface area contributed by atoms with E-state index in [0.717, 1.165) is 0 Å². The highest BCUT2D eigenvalue weighted by Crippen LogP contribution is 2.38. The molecule has 0 aliphatic carbocycles. The summed E-state index contributed by atoms with van der Waals surface area (Å²) < 4.78 is 10.6. The van der Waals surface area contributed by atoms with Crippen LogP contribution in [0.1, 0.15) is 24.6 Å². The highest BCUT2D eigenvalue weighted by Gasteiger charge is 2.21. The summed E-state index contributed by atoms with van der Waals surface area (Å²) in [4.78, 5) is 28.7. The minimum Gasteiger partial charge on any atom is -0.493 e. The Bertz CT molecular complexity index is 878. The van der Waals surface area contributed by atoms with Crippen molar-refractivity contribution >= 4 is 17.9 Å². The van der Waals surface area contributed by atoms with Crippen LogP contribution >= 0.6 is 0 Å². The molecule has 0 fully saturated rings. The first-order valence-corrected chi connectivity index (χ1v) is 7.80. The number of methoxy groups -OCH3 is 1. The van der Waals surface area contributed by atoms with E-state index in [4.69, 9.17) is 9.47 Å². The van der Waals surface area contributed by atoms with Crippen LogP contribution in [-0.4, -0.2) is 34.8 Å². The van der Waals surface area contributed by atoms with Gasteiger partial charge in [0.1, 0.15) is 0 Å². The molecule has 10 heteroatoms. The number of aromatic nitrogens is 2. The van der Waals surface area contributed by atoms with Crippen molar-refractivity contribution in [3.8, 4) is 11.5 Å². The molecule has 0 atom stereocenters. The minimum absolute atomic E-state index is 0.0779. The zero-order valence-electron chi connectivity index (χ0n) is 14.6. The maximum absolute atomic E-state index is 11.4. The van der Waals surface area contributed by atoms with Crippen molar-refractivity contribution in [3.63, 3.8) is 0 Å². The van der Waals surface area contributed by atoms with Gasteiger partial charge >= 0.3 is 5.69 Å². The highest BCUT2D eigenvalue weighted by molar-refractivity contribution is 5.83. The molecule has 0 aliphatic rings. The first-order chi connectivity index (χ1) is 12.4. The first kappa shape index (κ1) is 18.9. The van der Waals surface area contributed by atoms with Crippen LogP contribution in [0.3, 0.4) is 0 Å². The third-order valence-electron chi connectivity index (χ3n) is 3.18. The molecular weight excluding hydrogens is 342 g/mol. The molecule has 0 aliphatic heterocycles. The number of hydrogen-bond acceptors (Lipinski definition) is 8. The Morgan fingerprint density at radius 1 is 1.42 bits per heavy atom. The Labute approximate surface area is 149 Å². The molecule has 0 saturated heterocycles. The van der Waals surface area contributed by atoms with Crippen LogP contribution in [0, 0.1) is 17.0 Å². The van der Waals surface area contributed by atoms with Crippen LogP contribution in [0.4, 0.5) is 11.6 Å². The van der Waals surface area contributed by atoms with E-state index < -0.39 is 4.92 Å². The van der Waals surface area contributed by atoms with Gasteiger partial charge in [-0.05, 0) is 19.4 Å². The Morgan fingerprint density at radius 2 is 2.19 bits per heavy atom. The maximum Gasteiger partial charge on any atom is 0.315 e. The lowest BCUT2D eigenvalue weighted by atomic mass is 10.2. The van der Waals surface area contributed by atoms with Crippen molar-refractivity contribution < 1.29 is 14.4 Å². The van der Waals surface area contributed by atoms with E-state index >= 15 is 0 Å². The number of hydrogen-bond donors (Lipinski definition) is 2. The van der Waals surface area contributed by atoms with Gasteiger partial charge in [0.15, 0.2) is 5.75 Å². The predicted octanol–water partition coefficient (Wildman–Crippen LogP) is 2.23. The van der Waals surface area contributed by atoms with Crippen molar-refractivity contribution in [2.75, 3.05) is 19.1 Å². The number of nitro groups is 1. The smallest absolute Gasteiger partial charge is 0.315 e. The molecule has 0 unspecified atom stereocenters. The van der Waals surface area contributed by atoms with E-state index in [1.54, 1.807) is 13.0 Å². The fraction of sp³-hybridized carbons (Fsp3) is 0.312. The fourth-order valence-electron chi connectivity index (χ4n) is 2.12. The Balaban J connectivity index is 2.29. The van der Waals surface area contributed by atoms with Crippen LogP contribution in [0.15, 0.2) is 28.1 Å². The van der Waals surface area contributed by atoms with Gasteiger partial charge < -0.3 is 9.47 Å². The number of H-pyrrole nitrogens is 1. The number of benzene rings is 1. The monoisotopic (exact) mass is 361 g/mol. The van der Waals surface area contributed by atoms with Crippen molar-refractivity contribution in [3.05, 3.63) is 49.9 Å². The largest absolute Gasteiger partial charge is 0.493 e. The molecule has 138 valence electrons. The Kier molecular flexibility index (Phi) is 6.25. The molecule has 0 spiro atoms. The zero-order valence-corrected chi connectivity index (χ0v) is 14.6. The first-order valence-electron chi connectivity index (χ1n) is 7.80. The number of ether oxygens (including phenoxy) is 2. The maximum atomic E-state index is 11.4. The van der Waals surface area contributed by atoms with Gasteiger partial charge in [-0.25, -0.2) is 10.4 Å². The topological polar surface area (TPSA) is 132 Å². The molecule has 0 bridgehead atoms. The van der Waals surface area contributed by atoms with E-state index in [1.165, 1.54) is 25.5 Å². The molecule has 0 amide bonds. The number of anilines is 1. The summed E-state index contributed by atoms with van der Waals surface area (Å²) in [5.74, 6) is 0.473. The Morgan fingerprint density at radius 3 is 2.81 bits per heavy atom. The molecule has 10 nitrogen and oxygen atoms in total. The van der Waals surface area contributed by atoms with Crippen LogP contribution in [0.5, 0.6) is 11.5 Å². The molecule has 1 aromatic carbocycles. The van der Waals surface area contributed by atoms with Gasteiger partial charge in [-0.15, -0.1) is 0 Å². The number of aromatic amines is 1. The van der Waals surface area contributed by atoms with E-state index in [-0.39, 0.29) is 28.7 Å². The molecule has 0 saturated carbocycles. The number of rotatable bonds is 8. The third kappa shape index (κ3) is 4.79. The summed E-state index contributed by atoms with van der Waals surface area (Å²) in [6.45, 7) is 3.90. The standard InChI is InChI=1S/C16H19N5O5/c1-4-5-26-15-12(21(23)24)7-11(8-13(15)25-3)9-17-20-16-18-10(2)6-14(22)19-16/h6-9H,4-5H2,1-3H3,(H2,18,19,20,22)/b17-9-. The molecule has 1 heterocycles. The zero-order chi connectivity index (χ0) is 19.1. The van der Waals surface area contributed by atoms with Gasteiger partial charge in [-0.3, -0.25) is 19.9 Å². The summed E-state index contributed by atoms with van der Waals surface area (Å²) in [5.41, 5.74) is 2.98. The van der Waals surface area contributed by atoms with Crippen molar-refractivity contribution in [1.82, 2.24) is 9.97 Å². The van der Waals surface area contributed by atoms with E-state index in [0.29, 0.717) is 24.3 Å². The van der Waals surface area contributed by atoms with Gasteiger partial charge in [0.25, 0.3) is 5.56 Å². The predicted molar refractivity (Wildman–Crippen MR) is 96.2 cm³/mol. The SMILES string of the molecule is CCCOc1c(OC)cc(/C=N\Nc2nc(C)cc(=O)[nH]2)cc1[N+](=O)[O-]. The summed E-state index contributed by atoms with van der Waals surface area (Å²) >= 11 is 0. The molecule has 2 N–H and O–H groups in total. The van der Waals surface area contributed by atoms with Crippen LogP contribution in [0.25, 0.3) is 0 Å². The number of nitro benzene ring substituents is 1. The lowest BCUT2D eigenvalue weighted by molar-refractivity contribution is -0.386. The number of hydrazone groups is 1. The highest BCUT2D eigenvalue weighted by atomic mass is 16.6. The van der Waals surface area contributed by atoms with Gasteiger partial charge in [0, 0.05) is 23.4 Å². The Hall–Kier alpha value is -3.43. The van der Waals surface area contributed by atoms with Crippen molar-refractivity contribution in [2.45, 2.75) is 20.3 Å². The minimum atomic E-state index is -0.544. The second-order valence-corrected chi connectivity index (χ2v) is 5.28. The molecule has 1 aromatic heterocycles. The summed E-state index contributed by atoms with van der Waals surface area (Å²) in [5, 5.41) is 15.3. The van der Waals surface area contributed by atoms with Crippen LogP contribution in [0.2, 0.25) is 0 Å². The molecular formula is C16H19N5O5. The van der Waals surface area contributed by atoms with Gasteiger partial charge in [0.05, 0.1) is 24.9 Å². The van der Waals surface area contributed by atoms with E-state index in [2.05, 4.69) is 20.5 Å². The molecule has 26 heavy (non-hydrogen) atoms. The van der Waals surface area contributed by atoms with Crippen LogP contribution < -0.4 is 20.5 Å². The number of nitrogens with one attached hydrogen (secondary N) is 2. The van der Waals surface area contributed by atoms with Gasteiger partial charge in [-0.2, -0.15) is 5.10 Å². The van der Waals surface area contributed by atoms with Gasteiger partial charge in [-0.1, -0.05) is 6.92 Å². The second-order valence-electron chi connectivity index (χ2n) is 5.28. The van der Waals surface area contributed by atoms with Crippen molar-refractivity contribution in [1.29, 1.82) is 0 Å². The van der Waals surface area contributed by atoms with Gasteiger partial charge in [0.2, 0.25) is 11.7 Å². The molecule has 2 rings (SSSR count). The third-order valence-corrected chi connectivity index (χ3v) is 3.18. The number of aryl methyl sites for hydroxylation is 1. The second kappa shape index (κ2) is 8.60. The lowest BCUT2D eigenvalue weighted by Crippen LogP contribution is -2.10. The fourth-order valence-corrected chi connectivity index (χ4v) is 2.12. The number of nitrogens with zero attached hydrogens (tertiary/aromatic N) is 3. The lowest BCUT2D eigenvalue weighted by Gasteiger charge is -2.11. The molecule has 0 radical (unpaired) electrons. The van der Waals surface area contributed by atoms with E-state index in [9.17, 15) is 14.9 Å². The van der Waals surface area contributed by atoms with Crippen molar-refractivity contribution in [2.24, 2.45) is 5.10 Å². The molecule has 2 aromatic rings. The summed E-state index contributed by atoms with van der Waals surface area (Å²) in [7, 11) is 1.40. The van der Waals surface area contributed by atoms with Crippen LogP contribution in [-0.2, 0) is 0 Å².